The molecule has 1 fully saturated rings. The second-order valence-electron chi connectivity index (χ2n) is 5.92. The Balaban J connectivity index is 2.22. The van der Waals surface area contributed by atoms with E-state index in [1.165, 1.54) is 25.7 Å². The van der Waals surface area contributed by atoms with Gasteiger partial charge < -0.3 is 10.6 Å². The van der Waals surface area contributed by atoms with Crippen molar-refractivity contribution in [3.63, 3.8) is 0 Å². The van der Waals surface area contributed by atoms with Crippen molar-refractivity contribution in [2.75, 3.05) is 23.7 Å². The molecule has 0 aromatic carbocycles. The zero-order chi connectivity index (χ0) is 14.5. The zero-order valence-electron chi connectivity index (χ0n) is 13.2. The van der Waals surface area contributed by atoms with E-state index in [4.69, 9.17) is 10.7 Å². The first-order valence-corrected chi connectivity index (χ1v) is 8.03. The third-order valence-electron chi connectivity index (χ3n) is 4.40. The number of nitrogens with zero attached hydrogens (tertiary/aromatic N) is 3. The van der Waals surface area contributed by atoms with Crippen LogP contribution >= 0.6 is 0 Å². The number of anilines is 2. The van der Waals surface area contributed by atoms with Crippen LogP contribution in [0.3, 0.4) is 0 Å². The van der Waals surface area contributed by atoms with Gasteiger partial charge in [0.1, 0.15) is 17.5 Å². The molecule has 1 unspecified atom stereocenters. The van der Waals surface area contributed by atoms with Gasteiger partial charge in [-0.15, -0.1) is 0 Å². The molecule has 1 atom stereocenters. The number of aromatic nitrogens is 2. The Morgan fingerprint density at radius 3 is 2.70 bits per heavy atom. The van der Waals surface area contributed by atoms with Crippen molar-refractivity contribution >= 4 is 11.6 Å². The van der Waals surface area contributed by atoms with Gasteiger partial charge in [0, 0.05) is 25.1 Å². The third-order valence-corrected chi connectivity index (χ3v) is 4.40. The van der Waals surface area contributed by atoms with Crippen LogP contribution in [0.5, 0.6) is 0 Å². The number of hydrogen-bond donors (Lipinski definition) is 1. The third kappa shape index (κ3) is 3.41. The summed E-state index contributed by atoms with van der Waals surface area (Å²) in [6, 6.07) is 0. The summed E-state index contributed by atoms with van der Waals surface area (Å²) >= 11 is 0. The maximum atomic E-state index is 6.07. The van der Waals surface area contributed by atoms with Gasteiger partial charge >= 0.3 is 0 Å². The second-order valence-corrected chi connectivity index (χ2v) is 5.92. The molecule has 0 aliphatic carbocycles. The highest BCUT2D eigenvalue weighted by Crippen LogP contribution is 2.27. The molecule has 4 heteroatoms. The predicted octanol–water partition coefficient (Wildman–Crippen LogP) is 3.34. The van der Waals surface area contributed by atoms with Crippen LogP contribution in [0.4, 0.5) is 11.6 Å². The minimum absolute atomic E-state index is 0.648. The maximum absolute atomic E-state index is 6.07. The molecule has 0 saturated carbocycles. The highest BCUT2D eigenvalue weighted by atomic mass is 15.2. The SMILES string of the molecule is CCCc1nc(N)c(C)c(N2CCCC(CC)CC2)n1. The molecule has 0 bridgehead atoms. The fourth-order valence-electron chi connectivity index (χ4n) is 3.00. The average Bonchev–Trinajstić information content (AvgIpc) is 2.68. The van der Waals surface area contributed by atoms with E-state index >= 15 is 0 Å². The Bertz CT molecular complexity index is 444. The normalized spacial score (nSPS) is 19.9. The molecule has 0 spiro atoms. The summed E-state index contributed by atoms with van der Waals surface area (Å²) in [5.74, 6) is 3.48. The molecular weight excluding hydrogens is 248 g/mol. The van der Waals surface area contributed by atoms with Crippen LogP contribution in [0.25, 0.3) is 0 Å². The number of hydrogen-bond acceptors (Lipinski definition) is 4. The maximum Gasteiger partial charge on any atom is 0.137 e. The van der Waals surface area contributed by atoms with Gasteiger partial charge in [-0.25, -0.2) is 9.97 Å². The molecule has 0 radical (unpaired) electrons. The van der Waals surface area contributed by atoms with Crippen LogP contribution in [-0.2, 0) is 6.42 Å². The molecular formula is C16H28N4. The smallest absolute Gasteiger partial charge is 0.137 e. The fourth-order valence-corrected chi connectivity index (χ4v) is 3.00. The van der Waals surface area contributed by atoms with Crippen molar-refractivity contribution in [2.45, 2.75) is 59.3 Å². The lowest BCUT2D eigenvalue weighted by molar-refractivity contribution is 0.459. The molecule has 1 aromatic rings. The topological polar surface area (TPSA) is 55.0 Å². The minimum atomic E-state index is 0.648. The number of nitrogen functional groups attached to an aromatic ring is 1. The first kappa shape index (κ1) is 15.1. The van der Waals surface area contributed by atoms with Crippen molar-refractivity contribution in [1.29, 1.82) is 0 Å². The van der Waals surface area contributed by atoms with E-state index in [1.807, 2.05) is 6.92 Å². The van der Waals surface area contributed by atoms with Gasteiger partial charge in [0.2, 0.25) is 0 Å². The van der Waals surface area contributed by atoms with Crippen LogP contribution in [-0.4, -0.2) is 23.1 Å². The summed E-state index contributed by atoms with van der Waals surface area (Å²) in [7, 11) is 0. The van der Waals surface area contributed by atoms with E-state index in [-0.39, 0.29) is 0 Å². The lowest BCUT2D eigenvalue weighted by atomic mass is 9.98. The van der Waals surface area contributed by atoms with Gasteiger partial charge in [-0.05, 0) is 38.5 Å². The monoisotopic (exact) mass is 276 g/mol. The minimum Gasteiger partial charge on any atom is -0.383 e. The highest BCUT2D eigenvalue weighted by Gasteiger charge is 2.20. The summed E-state index contributed by atoms with van der Waals surface area (Å²) in [5.41, 5.74) is 7.11. The molecule has 1 aromatic heterocycles. The van der Waals surface area contributed by atoms with E-state index in [0.717, 1.165) is 49.1 Å². The lowest BCUT2D eigenvalue weighted by Gasteiger charge is -2.24. The van der Waals surface area contributed by atoms with Gasteiger partial charge in [-0.1, -0.05) is 20.3 Å². The molecule has 20 heavy (non-hydrogen) atoms. The molecule has 2 N–H and O–H groups in total. The average molecular weight is 276 g/mol. The predicted molar refractivity (Wildman–Crippen MR) is 85.0 cm³/mol. The Labute approximate surface area is 122 Å². The van der Waals surface area contributed by atoms with E-state index in [1.54, 1.807) is 0 Å². The molecule has 2 rings (SSSR count). The van der Waals surface area contributed by atoms with E-state index < -0.39 is 0 Å². The fraction of sp³-hybridized carbons (Fsp3) is 0.750. The molecule has 4 nitrogen and oxygen atoms in total. The first-order chi connectivity index (χ1) is 9.65. The van der Waals surface area contributed by atoms with Gasteiger partial charge in [0.15, 0.2) is 0 Å². The molecule has 1 saturated heterocycles. The lowest BCUT2D eigenvalue weighted by Crippen LogP contribution is -2.27. The van der Waals surface area contributed by atoms with E-state index in [2.05, 4.69) is 23.7 Å². The summed E-state index contributed by atoms with van der Waals surface area (Å²) < 4.78 is 0. The Morgan fingerprint density at radius 2 is 2.00 bits per heavy atom. The Morgan fingerprint density at radius 1 is 1.20 bits per heavy atom. The van der Waals surface area contributed by atoms with Gasteiger partial charge in [0.05, 0.1) is 0 Å². The summed E-state index contributed by atoms with van der Waals surface area (Å²) in [4.78, 5) is 11.6. The number of rotatable bonds is 4. The number of aryl methyl sites for hydroxylation is 1. The second kappa shape index (κ2) is 6.91. The van der Waals surface area contributed by atoms with Crippen molar-refractivity contribution < 1.29 is 0 Å². The molecule has 2 heterocycles. The van der Waals surface area contributed by atoms with Crippen LogP contribution in [0.2, 0.25) is 0 Å². The zero-order valence-corrected chi connectivity index (χ0v) is 13.2. The van der Waals surface area contributed by atoms with Crippen LogP contribution in [0.1, 0.15) is 57.3 Å². The van der Waals surface area contributed by atoms with Crippen molar-refractivity contribution in [3.8, 4) is 0 Å². The van der Waals surface area contributed by atoms with Crippen LogP contribution in [0, 0.1) is 12.8 Å². The van der Waals surface area contributed by atoms with Gasteiger partial charge in [-0.2, -0.15) is 0 Å². The van der Waals surface area contributed by atoms with E-state index in [0.29, 0.717) is 5.82 Å². The van der Waals surface area contributed by atoms with Gasteiger partial charge in [0.25, 0.3) is 0 Å². The van der Waals surface area contributed by atoms with Gasteiger partial charge in [-0.3, -0.25) is 0 Å². The Kier molecular flexibility index (Phi) is 5.21. The first-order valence-electron chi connectivity index (χ1n) is 8.03. The summed E-state index contributed by atoms with van der Waals surface area (Å²) in [5, 5.41) is 0. The van der Waals surface area contributed by atoms with Crippen molar-refractivity contribution in [1.82, 2.24) is 9.97 Å². The van der Waals surface area contributed by atoms with Crippen LogP contribution < -0.4 is 10.6 Å². The van der Waals surface area contributed by atoms with Crippen LogP contribution in [0.15, 0.2) is 0 Å². The standard InChI is InChI=1S/C16H28N4/c1-4-7-14-18-15(17)12(3)16(19-14)20-10-6-8-13(5-2)9-11-20/h13H,4-11H2,1-3H3,(H2,17,18,19). The van der Waals surface area contributed by atoms with E-state index in [9.17, 15) is 0 Å². The molecule has 112 valence electrons. The largest absolute Gasteiger partial charge is 0.383 e. The summed E-state index contributed by atoms with van der Waals surface area (Å²) in [6.07, 6.45) is 7.12. The van der Waals surface area contributed by atoms with Crippen molar-refractivity contribution in [2.24, 2.45) is 5.92 Å². The summed E-state index contributed by atoms with van der Waals surface area (Å²) in [6.45, 7) is 8.69. The molecule has 1 aliphatic rings. The highest BCUT2D eigenvalue weighted by molar-refractivity contribution is 5.56. The Hall–Kier alpha value is -1.32. The van der Waals surface area contributed by atoms with Crippen molar-refractivity contribution in [3.05, 3.63) is 11.4 Å². The molecule has 1 aliphatic heterocycles. The number of nitrogens with two attached hydrogens (primary N) is 1. The molecule has 0 amide bonds. The quantitative estimate of drug-likeness (QED) is 0.916.